The van der Waals surface area contributed by atoms with Gasteiger partial charge in [0.05, 0.1) is 5.41 Å². The van der Waals surface area contributed by atoms with Crippen LogP contribution in [-0.2, 0) is 10.2 Å². The largest absolute Gasteiger partial charge is 0.426 e. The van der Waals surface area contributed by atoms with E-state index in [0.29, 0.717) is 0 Å². The van der Waals surface area contributed by atoms with E-state index in [-0.39, 0.29) is 5.97 Å². The molecule has 2 aliphatic heterocycles. The zero-order chi connectivity index (χ0) is 13.3. The highest BCUT2D eigenvalue weighted by Gasteiger charge is 2.50. The smallest absolute Gasteiger partial charge is 0.322 e. The monoisotopic (exact) mass is 260 g/mol. The van der Waals surface area contributed by atoms with Gasteiger partial charge in [-0.1, -0.05) is 18.2 Å². The van der Waals surface area contributed by atoms with Gasteiger partial charge in [0.1, 0.15) is 5.75 Å². The van der Waals surface area contributed by atoms with E-state index in [4.69, 9.17) is 10.5 Å². The van der Waals surface area contributed by atoms with Crippen LogP contribution in [0.15, 0.2) is 24.3 Å². The van der Waals surface area contributed by atoms with Gasteiger partial charge in [0, 0.05) is 5.56 Å². The lowest BCUT2D eigenvalue weighted by atomic mass is 9.74. The standard InChI is InChI=1S/C15H20N2O2/c16-8-3-9-17-10-6-15(7-11-17)12-4-1-2-5-13(12)19-14(15)18/h1-2,4-5H,3,6-11,16H2. The molecule has 2 N–H and O–H groups in total. The average Bonchev–Trinajstić information content (AvgIpc) is 2.72. The summed E-state index contributed by atoms with van der Waals surface area (Å²) in [6.45, 7) is 3.66. The Labute approximate surface area is 113 Å². The topological polar surface area (TPSA) is 55.6 Å². The summed E-state index contributed by atoms with van der Waals surface area (Å²) >= 11 is 0. The summed E-state index contributed by atoms with van der Waals surface area (Å²) in [5, 5.41) is 0. The second-order valence-corrected chi connectivity index (χ2v) is 5.45. The Morgan fingerprint density at radius 3 is 2.74 bits per heavy atom. The van der Waals surface area contributed by atoms with E-state index in [0.717, 1.165) is 56.8 Å². The molecule has 19 heavy (non-hydrogen) atoms. The maximum absolute atomic E-state index is 12.3. The third-order valence-corrected chi connectivity index (χ3v) is 4.38. The Balaban J connectivity index is 1.77. The van der Waals surface area contributed by atoms with Crippen LogP contribution in [0.1, 0.15) is 24.8 Å². The van der Waals surface area contributed by atoms with Crippen LogP contribution < -0.4 is 10.5 Å². The Morgan fingerprint density at radius 1 is 1.26 bits per heavy atom. The van der Waals surface area contributed by atoms with Crippen molar-refractivity contribution < 1.29 is 9.53 Å². The van der Waals surface area contributed by atoms with Gasteiger partial charge in [-0.3, -0.25) is 4.79 Å². The molecule has 0 atom stereocenters. The summed E-state index contributed by atoms with van der Waals surface area (Å²) < 4.78 is 5.44. The number of nitrogens with zero attached hydrogens (tertiary/aromatic N) is 1. The molecule has 2 heterocycles. The number of nitrogens with two attached hydrogens (primary N) is 1. The Morgan fingerprint density at radius 2 is 2.00 bits per heavy atom. The Bertz CT molecular complexity index is 479. The molecule has 0 radical (unpaired) electrons. The predicted octanol–water partition coefficient (Wildman–Crippen LogP) is 1.29. The summed E-state index contributed by atoms with van der Waals surface area (Å²) in [6.07, 6.45) is 2.73. The van der Waals surface area contributed by atoms with E-state index in [1.807, 2.05) is 24.3 Å². The van der Waals surface area contributed by atoms with Crippen molar-refractivity contribution in [2.45, 2.75) is 24.7 Å². The van der Waals surface area contributed by atoms with Gasteiger partial charge in [-0.15, -0.1) is 0 Å². The molecule has 0 aliphatic carbocycles. The van der Waals surface area contributed by atoms with E-state index < -0.39 is 5.41 Å². The maximum atomic E-state index is 12.3. The Kier molecular flexibility index (Phi) is 3.29. The molecule has 0 unspecified atom stereocenters. The summed E-state index contributed by atoms with van der Waals surface area (Å²) in [4.78, 5) is 14.7. The number of fused-ring (bicyclic) bond motifs is 2. The molecule has 0 amide bonds. The van der Waals surface area contributed by atoms with Crippen LogP contribution in [0.2, 0.25) is 0 Å². The van der Waals surface area contributed by atoms with Crippen LogP contribution in [-0.4, -0.2) is 37.0 Å². The molecule has 0 saturated carbocycles. The van der Waals surface area contributed by atoms with Gasteiger partial charge in [-0.2, -0.15) is 0 Å². The second kappa shape index (κ2) is 4.94. The maximum Gasteiger partial charge on any atom is 0.322 e. The highest BCUT2D eigenvalue weighted by Crippen LogP contribution is 2.46. The number of likely N-dealkylation sites (tertiary alicyclic amines) is 1. The van der Waals surface area contributed by atoms with Crippen molar-refractivity contribution in [1.82, 2.24) is 4.90 Å². The van der Waals surface area contributed by atoms with Crippen molar-refractivity contribution in [1.29, 1.82) is 0 Å². The normalized spacial score (nSPS) is 21.4. The van der Waals surface area contributed by atoms with Crippen molar-refractivity contribution in [3.8, 4) is 5.75 Å². The van der Waals surface area contributed by atoms with Gasteiger partial charge < -0.3 is 15.4 Å². The minimum absolute atomic E-state index is 0.0628. The molecule has 102 valence electrons. The molecule has 4 heteroatoms. The van der Waals surface area contributed by atoms with Crippen molar-refractivity contribution >= 4 is 5.97 Å². The zero-order valence-electron chi connectivity index (χ0n) is 11.1. The van der Waals surface area contributed by atoms with Crippen LogP contribution in [0, 0.1) is 0 Å². The first-order valence-electron chi connectivity index (χ1n) is 7.00. The van der Waals surface area contributed by atoms with Gasteiger partial charge in [0.2, 0.25) is 0 Å². The number of benzene rings is 1. The fraction of sp³-hybridized carbons (Fsp3) is 0.533. The molecule has 3 rings (SSSR count). The number of carbonyl (C=O) groups is 1. The fourth-order valence-electron chi connectivity index (χ4n) is 3.21. The fourth-order valence-corrected chi connectivity index (χ4v) is 3.21. The van der Waals surface area contributed by atoms with Crippen molar-refractivity contribution in [2.24, 2.45) is 5.73 Å². The van der Waals surface area contributed by atoms with Gasteiger partial charge in [-0.05, 0) is 51.5 Å². The number of hydrogen-bond acceptors (Lipinski definition) is 4. The molecular formula is C15H20N2O2. The van der Waals surface area contributed by atoms with Crippen LogP contribution in [0.4, 0.5) is 0 Å². The number of esters is 1. The first-order chi connectivity index (χ1) is 9.26. The molecule has 1 fully saturated rings. The molecule has 1 aromatic rings. The van der Waals surface area contributed by atoms with E-state index in [9.17, 15) is 4.79 Å². The zero-order valence-corrected chi connectivity index (χ0v) is 11.1. The lowest BCUT2D eigenvalue weighted by Crippen LogP contribution is -2.46. The quantitative estimate of drug-likeness (QED) is 0.657. The second-order valence-electron chi connectivity index (χ2n) is 5.45. The highest BCUT2D eigenvalue weighted by molar-refractivity contribution is 5.90. The van der Waals surface area contributed by atoms with Crippen molar-refractivity contribution in [3.63, 3.8) is 0 Å². The molecule has 2 aliphatic rings. The number of piperidine rings is 1. The SMILES string of the molecule is NCCCN1CCC2(CC1)C(=O)Oc1ccccc12. The first-order valence-corrected chi connectivity index (χ1v) is 7.00. The number of carbonyl (C=O) groups excluding carboxylic acids is 1. The number of ether oxygens (including phenoxy) is 1. The Hall–Kier alpha value is -1.39. The van der Waals surface area contributed by atoms with E-state index in [2.05, 4.69) is 4.90 Å². The summed E-state index contributed by atoms with van der Waals surface area (Å²) in [5.41, 5.74) is 6.23. The lowest BCUT2D eigenvalue weighted by molar-refractivity contribution is -0.140. The summed E-state index contributed by atoms with van der Waals surface area (Å²) in [6, 6.07) is 7.84. The average molecular weight is 260 g/mol. The molecular weight excluding hydrogens is 240 g/mol. The first kappa shape index (κ1) is 12.6. The van der Waals surface area contributed by atoms with Crippen LogP contribution in [0.3, 0.4) is 0 Å². The third kappa shape index (κ3) is 2.05. The summed E-state index contributed by atoms with van der Waals surface area (Å²) in [7, 11) is 0. The van der Waals surface area contributed by atoms with Crippen LogP contribution in [0.5, 0.6) is 5.75 Å². The van der Waals surface area contributed by atoms with Crippen LogP contribution >= 0.6 is 0 Å². The minimum Gasteiger partial charge on any atom is -0.426 e. The van der Waals surface area contributed by atoms with Gasteiger partial charge in [0.15, 0.2) is 0 Å². The van der Waals surface area contributed by atoms with Gasteiger partial charge in [0.25, 0.3) is 0 Å². The molecule has 1 saturated heterocycles. The number of hydrogen-bond donors (Lipinski definition) is 1. The van der Waals surface area contributed by atoms with Crippen LogP contribution in [0.25, 0.3) is 0 Å². The molecule has 1 aromatic carbocycles. The highest BCUT2D eigenvalue weighted by atomic mass is 16.5. The minimum atomic E-state index is -0.393. The molecule has 1 spiro atoms. The van der Waals surface area contributed by atoms with E-state index in [1.54, 1.807) is 0 Å². The molecule has 0 aromatic heterocycles. The number of rotatable bonds is 3. The van der Waals surface area contributed by atoms with Gasteiger partial charge in [-0.25, -0.2) is 0 Å². The number of para-hydroxylation sites is 1. The van der Waals surface area contributed by atoms with E-state index in [1.165, 1.54) is 0 Å². The molecule has 4 nitrogen and oxygen atoms in total. The third-order valence-electron chi connectivity index (χ3n) is 4.38. The van der Waals surface area contributed by atoms with Gasteiger partial charge >= 0.3 is 5.97 Å². The molecule has 0 bridgehead atoms. The van der Waals surface area contributed by atoms with Crippen molar-refractivity contribution in [2.75, 3.05) is 26.2 Å². The summed E-state index contributed by atoms with van der Waals surface area (Å²) in [5.74, 6) is 0.690. The lowest BCUT2D eigenvalue weighted by Gasteiger charge is -2.36. The van der Waals surface area contributed by atoms with E-state index >= 15 is 0 Å². The van der Waals surface area contributed by atoms with Crippen molar-refractivity contribution in [3.05, 3.63) is 29.8 Å². The predicted molar refractivity (Wildman–Crippen MR) is 73.1 cm³/mol.